The number of carbonyl (C=O) groups excluding carboxylic acids is 1. The van der Waals surface area contributed by atoms with Crippen LogP contribution < -0.4 is 5.32 Å². The molecular formula is C11H20N2O3. The molecule has 5 nitrogen and oxygen atoms in total. The Morgan fingerprint density at radius 2 is 2.00 bits per heavy atom. The van der Waals surface area contributed by atoms with Crippen LogP contribution in [0.4, 0.5) is 0 Å². The average Bonchev–Trinajstić information content (AvgIpc) is 2.19. The summed E-state index contributed by atoms with van der Waals surface area (Å²) in [7, 11) is 0. The van der Waals surface area contributed by atoms with Crippen LogP contribution in [0.25, 0.3) is 0 Å². The van der Waals surface area contributed by atoms with Crippen LogP contribution in [0.2, 0.25) is 0 Å². The summed E-state index contributed by atoms with van der Waals surface area (Å²) in [6.45, 7) is 5.80. The molecule has 0 aliphatic carbocycles. The van der Waals surface area contributed by atoms with Crippen molar-refractivity contribution in [1.29, 1.82) is 0 Å². The lowest BCUT2D eigenvalue weighted by atomic mass is 9.99. The Bertz CT molecular complexity index is 260. The molecule has 1 rings (SSSR count). The van der Waals surface area contributed by atoms with Gasteiger partial charge >= 0.3 is 5.97 Å². The monoisotopic (exact) mass is 228 g/mol. The normalized spacial score (nSPS) is 20.4. The first-order valence-electron chi connectivity index (χ1n) is 5.71. The fourth-order valence-electron chi connectivity index (χ4n) is 1.93. The van der Waals surface area contributed by atoms with Gasteiger partial charge in [-0.1, -0.05) is 6.92 Å². The SMILES string of the molecule is CC(=O)NC(CN1CCC(C)CC1)C(=O)O. The summed E-state index contributed by atoms with van der Waals surface area (Å²) in [5.41, 5.74) is 0. The van der Waals surface area contributed by atoms with Crippen LogP contribution in [-0.2, 0) is 9.59 Å². The fourth-order valence-corrected chi connectivity index (χ4v) is 1.93. The highest BCUT2D eigenvalue weighted by Gasteiger charge is 2.24. The van der Waals surface area contributed by atoms with E-state index in [2.05, 4.69) is 17.1 Å². The van der Waals surface area contributed by atoms with Gasteiger partial charge in [0.15, 0.2) is 0 Å². The van der Waals surface area contributed by atoms with Crippen molar-refractivity contribution in [2.75, 3.05) is 19.6 Å². The van der Waals surface area contributed by atoms with E-state index in [0.717, 1.165) is 31.8 Å². The highest BCUT2D eigenvalue weighted by molar-refractivity contribution is 5.82. The lowest BCUT2D eigenvalue weighted by Gasteiger charge is -2.31. The van der Waals surface area contributed by atoms with Gasteiger partial charge in [0, 0.05) is 13.5 Å². The summed E-state index contributed by atoms with van der Waals surface area (Å²) in [5.74, 6) is -0.535. The number of hydrogen-bond acceptors (Lipinski definition) is 3. The molecule has 0 aromatic rings. The number of piperidine rings is 1. The summed E-state index contributed by atoms with van der Waals surface area (Å²) in [6, 6.07) is -0.786. The third-order valence-corrected chi connectivity index (χ3v) is 2.99. The molecular weight excluding hydrogens is 208 g/mol. The minimum absolute atomic E-state index is 0.294. The first-order chi connectivity index (χ1) is 7.49. The second-order valence-corrected chi connectivity index (χ2v) is 4.57. The summed E-state index contributed by atoms with van der Waals surface area (Å²) in [5, 5.41) is 11.4. The van der Waals surface area contributed by atoms with E-state index in [1.54, 1.807) is 0 Å². The number of aliphatic carboxylic acids is 1. The Kier molecular flexibility index (Phi) is 4.73. The van der Waals surface area contributed by atoms with Crippen molar-refractivity contribution in [2.45, 2.75) is 32.7 Å². The van der Waals surface area contributed by atoms with Gasteiger partial charge in [-0.05, 0) is 31.8 Å². The molecule has 1 atom stereocenters. The van der Waals surface area contributed by atoms with E-state index < -0.39 is 12.0 Å². The number of nitrogens with zero attached hydrogens (tertiary/aromatic N) is 1. The Hall–Kier alpha value is -1.10. The number of nitrogens with one attached hydrogen (secondary N) is 1. The van der Waals surface area contributed by atoms with Gasteiger partial charge in [0.05, 0.1) is 0 Å². The van der Waals surface area contributed by atoms with Gasteiger partial charge in [0.2, 0.25) is 5.91 Å². The molecule has 1 aliphatic rings. The molecule has 0 spiro atoms. The van der Waals surface area contributed by atoms with Gasteiger partial charge in [-0.2, -0.15) is 0 Å². The molecule has 1 heterocycles. The van der Waals surface area contributed by atoms with Gasteiger partial charge in [-0.3, -0.25) is 4.79 Å². The van der Waals surface area contributed by atoms with Crippen molar-refractivity contribution < 1.29 is 14.7 Å². The van der Waals surface area contributed by atoms with Crippen LogP contribution in [-0.4, -0.2) is 47.6 Å². The molecule has 1 saturated heterocycles. The second kappa shape index (κ2) is 5.84. The van der Waals surface area contributed by atoms with Crippen molar-refractivity contribution in [2.24, 2.45) is 5.92 Å². The third kappa shape index (κ3) is 4.18. The summed E-state index contributed by atoms with van der Waals surface area (Å²) in [4.78, 5) is 23.9. The zero-order valence-electron chi connectivity index (χ0n) is 9.90. The Balaban J connectivity index is 2.42. The summed E-state index contributed by atoms with van der Waals surface area (Å²) < 4.78 is 0. The Morgan fingerprint density at radius 1 is 1.44 bits per heavy atom. The maximum Gasteiger partial charge on any atom is 0.327 e. The second-order valence-electron chi connectivity index (χ2n) is 4.57. The minimum atomic E-state index is -0.964. The van der Waals surface area contributed by atoms with E-state index in [1.165, 1.54) is 6.92 Å². The van der Waals surface area contributed by atoms with Crippen molar-refractivity contribution >= 4 is 11.9 Å². The van der Waals surface area contributed by atoms with Gasteiger partial charge < -0.3 is 15.3 Å². The van der Waals surface area contributed by atoms with E-state index in [-0.39, 0.29) is 5.91 Å². The predicted octanol–water partition coefficient (Wildman–Crippen LogP) is 0.308. The highest BCUT2D eigenvalue weighted by Crippen LogP contribution is 2.15. The lowest BCUT2D eigenvalue weighted by molar-refractivity contribution is -0.142. The van der Waals surface area contributed by atoms with E-state index in [4.69, 9.17) is 5.11 Å². The first kappa shape index (κ1) is 13.0. The van der Waals surface area contributed by atoms with E-state index in [0.29, 0.717) is 6.54 Å². The van der Waals surface area contributed by atoms with Crippen LogP contribution in [0, 0.1) is 5.92 Å². The highest BCUT2D eigenvalue weighted by atomic mass is 16.4. The van der Waals surface area contributed by atoms with Gasteiger partial charge in [0.25, 0.3) is 0 Å². The average molecular weight is 228 g/mol. The molecule has 5 heteroatoms. The molecule has 2 N–H and O–H groups in total. The summed E-state index contributed by atoms with van der Waals surface area (Å²) >= 11 is 0. The quantitative estimate of drug-likeness (QED) is 0.726. The molecule has 0 radical (unpaired) electrons. The zero-order valence-corrected chi connectivity index (χ0v) is 9.90. The molecule has 16 heavy (non-hydrogen) atoms. The molecule has 1 fully saturated rings. The Morgan fingerprint density at radius 3 is 2.44 bits per heavy atom. The lowest BCUT2D eigenvalue weighted by Crippen LogP contribution is -2.49. The summed E-state index contributed by atoms with van der Waals surface area (Å²) in [6.07, 6.45) is 2.21. The third-order valence-electron chi connectivity index (χ3n) is 2.99. The molecule has 1 unspecified atom stereocenters. The standard InChI is InChI=1S/C11H20N2O3/c1-8-3-5-13(6-4-8)7-10(11(15)16)12-9(2)14/h8,10H,3-7H2,1-2H3,(H,12,14)(H,15,16). The van der Waals surface area contributed by atoms with Crippen LogP contribution in [0.15, 0.2) is 0 Å². The molecule has 0 bridgehead atoms. The molecule has 0 aromatic carbocycles. The first-order valence-corrected chi connectivity index (χ1v) is 5.71. The zero-order chi connectivity index (χ0) is 12.1. The number of likely N-dealkylation sites (tertiary alicyclic amines) is 1. The van der Waals surface area contributed by atoms with Crippen LogP contribution in [0.1, 0.15) is 26.7 Å². The van der Waals surface area contributed by atoms with Crippen molar-refractivity contribution in [1.82, 2.24) is 10.2 Å². The van der Waals surface area contributed by atoms with E-state index in [1.807, 2.05) is 0 Å². The van der Waals surface area contributed by atoms with Gasteiger partial charge in [-0.25, -0.2) is 4.79 Å². The largest absolute Gasteiger partial charge is 0.480 e. The topological polar surface area (TPSA) is 69.6 Å². The van der Waals surface area contributed by atoms with Crippen molar-refractivity contribution in [3.63, 3.8) is 0 Å². The van der Waals surface area contributed by atoms with Crippen LogP contribution in [0.5, 0.6) is 0 Å². The number of carboxylic acids is 1. The molecule has 92 valence electrons. The number of amides is 1. The predicted molar refractivity (Wildman–Crippen MR) is 60.1 cm³/mol. The molecule has 0 saturated carbocycles. The maximum atomic E-state index is 10.9. The fraction of sp³-hybridized carbons (Fsp3) is 0.818. The minimum Gasteiger partial charge on any atom is -0.480 e. The number of carboxylic acid groups (broad SMARTS) is 1. The number of hydrogen-bond donors (Lipinski definition) is 2. The van der Waals surface area contributed by atoms with Crippen molar-refractivity contribution in [3.8, 4) is 0 Å². The number of carbonyl (C=O) groups is 2. The molecule has 0 aromatic heterocycles. The van der Waals surface area contributed by atoms with Gasteiger partial charge in [-0.15, -0.1) is 0 Å². The van der Waals surface area contributed by atoms with Gasteiger partial charge in [0.1, 0.15) is 6.04 Å². The van der Waals surface area contributed by atoms with E-state index in [9.17, 15) is 9.59 Å². The van der Waals surface area contributed by atoms with E-state index >= 15 is 0 Å². The molecule has 1 aliphatic heterocycles. The van der Waals surface area contributed by atoms with Crippen LogP contribution >= 0.6 is 0 Å². The molecule has 1 amide bonds. The smallest absolute Gasteiger partial charge is 0.327 e. The Labute approximate surface area is 95.8 Å². The maximum absolute atomic E-state index is 10.9. The van der Waals surface area contributed by atoms with Crippen LogP contribution in [0.3, 0.4) is 0 Å². The van der Waals surface area contributed by atoms with Crippen molar-refractivity contribution in [3.05, 3.63) is 0 Å². The number of rotatable bonds is 4.